The summed E-state index contributed by atoms with van der Waals surface area (Å²) in [6.45, 7) is 2.00. The maximum Gasteiger partial charge on any atom is 0.0577 e. The molecule has 0 fully saturated rings. The van der Waals surface area contributed by atoms with Gasteiger partial charge in [-0.15, -0.1) is 0 Å². The Morgan fingerprint density at radius 2 is 2.27 bits per heavy atom. The first-order valence-electron chi connectivity index (χ1n) is 4.60. The van der Waals surface area contributed by atoms with Crippen molar-refractivity contribution >= 4 is 44.8 Å². The fourth-order valence-electron chi connectivity index (χ4n) is 1.32. The largest absolute Gasteiger partial charge is 0.397 e. The summed E-state index contributed by atoms with van der Waals surface area (Å²) >= 11 is 2.22. The van der Waals surface area contributed by atoms with Gasteiger partial charge in [0.2, 0.25) is 0 Å². The molecule has 84 valence electrons. The third kappa shape index (κ3) is 4.38. The van der Waals surface area contributed by atoms with E-state index in [9.17, 15) is 4.21 Å². The third-order valence-corrected chi connectivity index (χ3v) is 3.54. The van der Waals surface area contributed by atoms with Crippen LogP contribution < -0.4 is 11.1 Å². The highest BCUT2D eigenvalue weighted by molar-refractivity contribution is 14.1. The van der Waals surface area contributed by atoms with Gasteiger partial charge in [0.25, 0.3) is 0 Å². The van der Waals surface area contributed by atoms with Gasteiger partial charge in [-0.05, 0) is 47.7 Å². The first-order chi connectivity index (χ1) is 6.99. The van der Waals surface area contributed by atoms with E-state index >= 15 is 0 Å². The predicted molar refractivity (Wildman–Crippen MR) is 75.6 cm³/mol. The monoisotopic (exact) mass is 338 g/mol. The van der Waals surface area contributed by atoms with Gasteiger partial charge in [0.15, 0.2) is 0 Å². The molecular weight excluding hydrogens is 323 g/mol. The fraction of sp³-hybridized carbons (Fsp3) is 0.400. The van der Waals surface area contributed by atoms with Gasteiger partial charge in [0, 0.05) is 32.4 Å². The van der Waals surface area contributed by atoms with Crippen LogP contribution in [0.15, 0.2) is 18.2 Å². The SMILES string of the molecule is CC(CS(C)=O)Nc1ccc(I)cc1N. The number of halogens is 1. The van der Waals surface area contributed by atoms with E-state index in [-0.39, 0.29) is 6.04 Å². The van der Waals surface area contributed by atoms with Crippen molar-refractivity contribution in [2.24, 2.45) is 0 Å². The minimum atomic E-state index is -0.785. The molecule has 5 heteroatoms. The van der Waals surface area contributed by atoms with Crippen LogP contribution in [-0.4, -0.2) is 22.3 Å². The Balaban J connectivity index is 2.68. The molecule has 0 bridgehead atoms. The summed E-state index contributed by atoms with van der Waals surface area (Å²) in [4.78, 5) is 0. The first kappa shape index (κ1) is 12.8. The van der Waals surface area contributed by atoms with E-state index < -0.39 is 10.8 Å². The summed E-state index contributed by atoms with van der Waals surface area (Å²) < 4.78 is 12.1. The second-order valence-electron chi connectivity index (χ2n) is 3.52. The van der Waals surface area contributed by atoms with Gasteiger partial charge in [-0.2, -0.15) is 0 Å². The molecule has 1 aromatic rings. The molecule has 2 unspecified atom stereocenters. The number of benzene rings is 1. The van der Waals surface area contributed by atoms with Crippen LogP contribution in [-0.2, 0) is 10.8 Å². The van der Waals surface area contributed by atoms with Crippen molar-refractivity contribution in [1.82, 2.24) is 0 Å². The molecule has 2 atom stereocenters. The van der Waals surface area contributed by atoms with E-state index in [0.717, 1.165) is 14.9 Å². The zero-order valence-corrected chi connectivity index (χ0v) is 11.8. The van der Waals surface area contributed by atoms with Gasteiger partial charge < -0.3 is 11.1 Å². The molecule has 0 heterocycles. The van der Waals surface area contributed by atoms with Gasteiger partial charge in [-0.25, -0.2) is 0 Å². The summed E-state index contributed by atoms with van der Waals surface area (Å²) in [5.74, 6) is 0.630. The molecule has 0 radical (unpaired) electrons. The molecule has 3 N–H and O–H groups in total. The number of hydrogen-bond acceptors (Lipinski definition) is 3. The van der Waals surface area contributed by atoms with E-state index in [2.05, 4.69) is 27.9 Å². The molecule has 15 heavy (non-hydrogen) atoms. The Morgan fingerprint density at radius 3 is 2.80 bits per heavy atom. The van der Waals surface area contributed by atoms with Crippen LogP contribution in [0.1, 0.15) is 6.92 Å². The minimum absolute atomic E-state index is 0.165. The molecule has 0 aliphatic carbocycles. The smallest absolute Gasteiger partial charge is 0.0577 e. The summed E-state index contributed by atoms with van der Waals surface area (Å²) in [6, 6.07) is 6.03. The van der Waals surface area contributed by atoms with Gasteiger partial charge >= 0.3 is 0 Å². The fourth-order valence-corrected chi connectivity index (χ4v) is 2.63. The third-order valence-electron chi connectivity index (χ3n) is 1.90. The van der Waals surface area contributed by atoms with Crippen molar-refractivity contribution in [2.45, 2.75) is 13.0 Å². The molecule has 0 saturated heterocycles. The number of nitrogen functional groups attached to an aromatic ring is 1. The molecule has 0 saturated carbocycles. The molecule has 0 aromatic heterocycles. The highest BCUT2D eigenvalue weighted by Crippen LogP contribution is 2.21. The van der Waals surface area contributed by atoms with Crippen molar-refractivity contribution in [3.05, 3.63) is 21.8 Å². The predicted octanol–water partition coefficient (Wildman–Crippen LogP) is 2.05. The molecule has 1 aromatic carbocycles. The van der Waals surface area contributed by atoms with Crippen molar-refractivity contribution in [2.75, 3.05) is 23.1 Å². The van der Waals surface area contributed by atoms with Crippen molar-refractivity contribution in [3.63, 3.8) is 0 Å². The summed E-state index contributed by atoms with van der Waals surface area (Å²) in [7, 11) is -0.785. The zero-order valence-electron chi connectivity index (χ0n) is 8.79. The van der Waals surface area contributed by atoms with Crippen LogP contribution in [0.3, 0.4) is 0 Å². The maximum absolute atomic E-state index is 11.0. The summed E-state index contributed by atoms with van der Waals surface area (Å²) in [6.07, 6.45) is 1.70. The molecular formula is C10H15IN2OS. The lowest BCUT2D eigenvalue weighted by Crippen LogP contribution is -2.22. The number of rotatable bonds is 4. The van der Waals surface area contributed by atoms with Gasteiger partial charge in [0.1, 0.15) is 0 Å². The van der Waals surface area contributed by atoms with E-state index in [4.69, 9.17) is 5.73 Å². The van der Waals surface area contributed by atoms with Gasteiger partial charge in [-0.1, -0.05) is 0 Å². The van der Waals surface area contributed by atoms with E-state index in [1.807, 2.05) is 25.1 Å². The lowest BCUT2D eigenvalue weighted by atomic mass is 10.2. The number of hydrogen-bond donors (Lipinski definition) is 2. The maximum atomic E-state index is 11.0. The number of nitrogens with two attached hydrogens (primary N) is 1. The normalized spacial score (nSPS) is 14.6. The Labute approximate surface area is 106 Å². The van der Waals surface area contributed by atoms with Crippen LogP contribution in [0.25, 0.3) is 0 Å². The van der Waals surface area contributed by atoms with Crippen LogP contribution in [0, 0.1) is 3.57 Å². The number of nitrogens with one attached hydrogen (secondary N) is 1. The Bertz CT molecular complexity index is 370. The standard InChI is InChI=1S/C10H15IN2OS/c1-7(6-15(2)14)13-10-4-3-8(11)5-9(10)12/h3-5,7,13H,6,12H2,1-2H3. The van der Waals surface area contributed by atoms with E-state index in [0.29, 0.717) is 5.75 Å². The molecule has 0 spiro atoms. The second-order valence-corrected chi connectivity index (χ2v) is 6.24. The molecule has 1 rings (SSSR count). The lowest BCUT2D eigenvalue weighted by molar-refractivity contribution is 0.683. The van der Waals surface area contributed by atoms with Crippen molar-refractivity contribution in [1.29, 1.82) is 0 Å². The molecule has 3 nitrogen and oxygen atoms in total. The van der Waals surface area contributed by atoms with Crippen molar-refractivity contribution < 1.29 is 4.21 Å². The van der Waals surface area contributed by atoms with Crippen LogP contribution in [0.2, 0.25) is 0 Å². The average molecular weight is 338 g/mol. The minimum Gasteiger partial charge on any atom is -0.397 e. The summed E-state index contributed by atoms with van der Waals surface area (Å²) in [5.41, 5.74) is 7.50. The summed E-state index contributed by atoms with van der Waals surface area (Å²) in [5, 5.41) is 3.25. The quantitative estimate of drug-likeness (QED) is 0.653. The lowest BCUT2D eigenvalue weighted by Gasteiger charge is -2.15. The first-order valence-corrected chi connectivity index (χ1v) is 7.41. The van der Waals surface area contributed by atoms with Crippen LogP contribution >= 0.6 is 22.6 Å². The van der Waals surface area contributed by atoms with Crippen molar-refractivity contribution in [3.8, 4) is 0 Å². The van der Waals surface area contributed by atoms with E-state index in [1.165, 1.54) is 0 Å². The second kappa shape index (κ2) is 5.69. The van der Waals surface area contributed by atoms with Gasteiger partial charge in [0.05, 0.1) is 11.4 Å². The Kier molecular flexibility index (Phi) is 4.85. The highest BCUT2D eigenvalue weighted by Gasteiger charge is 2.06. The van der Waals surface area contributed by atoms with Crippen LogP contribution in [0.5, 0.6) is 0 Å². The van der Waals surface area contributed by atoms with E-state index in [1.54, 1.807) is 6.26 Å². The van der Waals surface area contributed by atoms with Crippen LogP contribution in [0.4, 0.5) is 11.4 Å². The Morgan fingerprint density at radius 1 is 1.60 bits per heavy atom. The van der Waals surface area contributed by atoms with Gasteiger partial charge in [-0.3, -0.25) is 4.21 Å². The highest BCUT2D eigenvalue weighted by atomic mass is 127. The zero-order chi connectivity index (χ0) is 11.4. The molecule has 0 amide bonds. The molecule has 0 aliphatic rings. The topological polar surface area (TPSA) is 55.1 Å². The average Bonchev–Trinajstić information content (AvgIpc) is 2.08. The Hall–Kier alpha value is -0.300. The number of anilines is 2. The molecule has 0 aliphatic heterocycles.